The van der Waals surface area contributed by atoms with Gasteiger partial charge in [-0.15, -0.1) is 0 Å². The molecule has 0 saturated carbocycles. The summed E-state index contributed by atoms with van der Waals surface area (Å²) in [5.74, 6) is 0.107. The third kappa shape index (κ3) is 5.06. The number of nitrogens with one attached hydrogen (secondary N) is 2. The van der Waals surface area contributed by atoms with E-state index in [9.17, 15) is 4.79 Å². The summed E-state index contributed by atoms with van der Waals surface area (Å²) in [6.07, 6.45) is 3.61. The molecule has 1 heterocycles. The zero-order valence-electron chi connectivity index (χ0n) is 16.3. The van der Waals surface area contributed by atoms with Gasteiger partial charge in [0.25, 0.3) is 0 Å². The molecule has 2 aromatic rings. The van der Waals surface area contributed by atoms with Gasteiger partial charge >= 0.3 is 0 Å². The summed E-state index contributed by atoms with van der Waals surface area (Å²) in [5, 5.41) is 6.54. The number of methoxy groups -OCH3 is 1. The number of ether oxygens (including phenoxy) is 1. The predicted octanol–water partition coefficient (Wildman–Crippen LogP) is 4.47. The number of hydrogen-bond acceptors (Lipinski definition) is 3. The molecule has 1 atom stereocenters. The minimum atomic E-state index is 0.107. The summed E-state index contributed by atoms with van der Waals surface area (Å²) < 4.78 is 5.29. The van der Waals surface area contributed by atoms with Crippen LogP contribution in [0, 0.1) is 0 Å². The maximum atomic E-state index is 11.5. The molecule has 2 N–H and O–H groups in total. The molecule has 0 aliphatic carbocycles. The largest absolute Gasteiger partial charge is 0.380 e. The van der Waals surface area contributed by atoms with Gasteiger partial charge in [-0.25, -0.2) is 0 Å². The van der Waals surface area contributed by atoms with Gasteiger partial charge in [-0.3, -0.25) is 4.79 Å². The Balaban J connectivity index is 1.63. The van der Waals surface area contributed by atoms with Gasteiger partial charge in [0.05, 0.1) is 6.61 Å². The molecule has 0 fully saturated rings. The van der Waals surface area contributed by atoms with E-state index >= 15 is 0 Å². The maximum absolute atomic E-state index is 11.5. The van der Waals surface area contributed by atoms with Crippen LogP contribution in [0.25, 0.3) is 6.08 Å². The lowest BCUT2D eigenvalue weighted by atomic mass is 9.97. The number of rotatable bonds is 7. The fourth-order valence-electron chi connectivity index (χ4n) is 3.38. The molecule has 3 rings (SSSR count). The van der Waals surface area contributed by atoms with Crippen LogP contribution in [-0.4, -0.2) is 19.6 Å². The van der Waals surface area contributed by atoms with Gasteiger partial charge in [0.15, 0.2) is 0 Å². The summed E-state index contributed by atoms with van der Waals surface area (Å²) in [7, 11) is 1.72. The molecule has 0 saturated heterocycles. The predicted molar refractivity (Wildman–Crippen MR) is 111 cm³/mol. The number of hydrogen-bond donors (Lipinski definition) is 2. The van der Waals surface area contributed by atoms with Gasteiger partial charge in [-0.1, -0.05) is 48.0 Å². The lowest BCUT2D eigenvalue weighted by Gasteiger charge is -2.20. The highest BCUT2D eigenvalue weighted by atomic mass is 16.5. The fraction of sp³-hybridized carbons (Fsp3) is 0.348. The van der Waals surface area contributed by atoms with Crippen LogP contribution in [-0.2, 0) is 22.6 Å². The van der Waals surface area contributed by atoms with Crippen molar-refractivity contribution in [3.63, 3.8) is 0 Å². The van der Waals surface area contributed by atoms with Crippen LogP contribution in [0.5, 0.6) is 0 Å². The second-order valence-corrected chi connectivity index (χ2v) is 7.19. The molecule has 0 aromatic heterocycles. The van der Waals surface area contributed by atoms with Crippen molar-refractivity contribution in [3.05, 3.63) is 70.3 Å². The molecular formula is C23H28N2O2. The van der Waals surface area contributed by atoms with Gasteiger partial charge in [0.1, 0.15) is 0 Å². The fourth-order valence-corrected chi connectivity index (χ4v) is 3.38. The number of aryl methyl sites for hydroxylation is 1. The molecule has 4 heteroatoms. The molecule has 2 aromatic carbocycles. The number of benzene rings is 2. The number of carbonyl (C=O) groups excluding carboxylic acids is 1. The van der Waals surface area contributed by atoms with Crippen molar-refractivity contribution < 1.29 is 9.53 Å². The topological polar surface area (TPSA) is 50.4 Å². The summed E-state index contributed by atoms with van der Waals surface area (Å²) >= 11 is 0. The quantitative estimate of drug-likeness (QED) is 0.762. The summed E-state index contributed by atoms with van der Waals surface area (Å²) in [6.45, 7) is 5.76. The molecule has 0 radical (unpaired) electrons. The Bertz CT molecular complexity index is 842. The minimum Gasteiger partial charge on any atom is -0.380 e. The molecule has 1 aliphatic heterocycles. The Hall–Kier alpha value is -2.43. The van der Waals surface area contributed by atoms with Gasteiger partial charge < -0.3 is 15.4 Å². The van der Waals surface area contributed by atoms with Crippen molar-refractivity contribution in [3.8, 4) is 0 Å². The van der Waals surface area contributed by atoms with E-state index in [4.69, 9.17) is 4.74 Å². The van der Waals surface area contributed by atoms with Crippen LogP contribution in [0.15, 0.2) is 48.0 Å². The molecular weight excluding hydrogens is 336 g/mol. The SMILES string of the molecule is COCc1ccccc1/C=C(\C)CNC(C)c1ccc2c(c1)CCC(=O)N2. The maximum Gasteiger partial charge on any atom is 0.224 e. The first-order valence-corrected chi connectivity index (χ1v) is 9.47. The number of anilines is 1. The molecule has 142 valence electrons. The third-order valence-electron chi connectivity index (χ3n) is 4.97. The van der Waals surface area contributed by atoms with Crippen molar-refractivity contribution in [1.29, 1.82) is 0 Å². The first-order valence-electron chi connectivity index (χ1n) is 9.47. The first kappa shape index (κ1) is 19.3. The third-order valence-corrected chi connectivity index (χ3v) is 4.97. The zero-order valence-corrected chi connectivity index (χ0v) is 16.3. The molecule has 0 bridgehead atoms. The normalized spacial score (nSPS) is 15.2. The highest BCUT2D eigenvalue weighted by Gasteiger charge is 2.16. The van der Waals surface area contributed by atoms with Gasteiger partial charge in [0.2, 0.25) is 5.91 Å². The van der Waals surface area contributed by atoms with Crippen LogP contribution in [0.4, 0.5) is 5.69 Å². The van der Waals surface area contributed by atoms with E-state index in [0.717, 1.165) is 18.7 Å². The molecule has 0 spiro atoms. The van der Waals surface area contributed by atoms with E-state index in [0.29, 0.717) is 13.0 Å². The van der Waals surface area contributed by atoms with E-state index in [2.05, 4.69) is 60.9 Å². The van der Waals surface area contributed by atoms with Crippen molar-refractivity contribution >= 4 is 17.7 Å². The Labute approximate surface area is 161 Å². The van der Waals surface area contributed by atoms with E-state index in [1.54, 1.807) is 7.11 Å². The van der Waals surface area contributed by atoms with Gasteiger partial charge in [0, 0.05) is 31.8 Å². The van der Waals surface area contributed by atoms with E-state index < -0.39 is 0 Å². The van der Waals surface area contributed by atoms with Crippen LogP contribution in [0.3, 0.4) is 0 Å². The van der Waals surface area contributed by atoms with E-state index in [-0.39, 0.29) is 11.9 Å². The Kier molecular flexibility index (Phi) is 6.43. The molecule has 1 amide bonds. The Morgan fingerprint density at radius 1 is 1.26 bits per heavy atom. The summed E-state index contributed by atoms with van der Waals surface area (Å²) in [5.41, 5.74) is 7.10. The summed E-state index contributed by atoms with van der Waals surface area (Å²) in [4.78, 5) is 11.5. The smallest absolute Gasteiger partial charge is 0.224 e. The van der Waals surface area contributed by atoms with Gasteiger partial charge in [-0.05, 0) is 48.6 Å². The van der Waals surface area contributed by atoms with Crippen LogP contribution in [0.1, 0.15) is 48.6 Å². The molecule has 1 unspecified atom stereocenters. The van der Waals surface area contributed by atoms with Crippen molar-refractivity contribution in [1.82, 2.24) is 5.32 Å². The van der Waals surface area contributed by atoms with Gasteiger partial charge in [-0.2, -0.15) is 0 Å². The Morgan fingerprint density at radius 3 is 2.89 bits per heavy atom. The van der Waals surface area contributed by atoms with Crippen molar-refractivity contribution in [2.75, 3.05) is 19.0 Å². The average Bonchev–Trinajstić information content (AvgIpc) is 2.67. The zero-order chi connectivity index (χ0) is 19.2. The number of fused-ring (bicyclic) bond motifs is 1. The average molecular weight is 364 g/mol. The molecule has 4 nitrogen and oxygen atoms in total. The second kappa shape index (κ2) is 8.98. The van der Waals surface area contributed by atoms with Crippen molar-refractivity contribution in [2.45, 2.75) is 39.3 Å². The van der Waals surface area contributed by atoms with Crippen LogP contribution < -0.4 is 10.6 Å². The first-order chi connectivity index (χ1) is 13.1. The minimum absolute atomic E-state index is 0.107. The number of carbonyl (C=O) groups is 1. The highest BCUT2D eigenvalue weighted by Crippen LogP contribution is 2.26. The van der Waals surface area contributed by atoms with Crippen LogP contribution in [0.2, 0.25) is 0 Å². The Morgan fingerprint density at radius 2 is 2.07 bits per heavy atom. The molecule has 27 heavy (non-hydrogen) atoms. The standard InChI is InChI=1S/C23H28N2O2/c1-16(12-19-6-4-5-7-21(19)15-27-3)14-24-17(2)18-8-10-22-20(13-18)9-11-23(26)25-22/h4-8,10,12-13,17,24H,9,11,14-15H2,1-3H3,(H,25,26)/b16-12+. The van der Waals surface area contributed by atoms with E-state index in [1.165, 1.54) is 27.8 Å². The monoisotopic (exact) mass is 364 g/mol. The number of amides is 1. The van der Waals surface area contributed by atoms with E-state index in [1.807, 2.05) is 12.1 Å². The summed E-state index contributed by atoms with van der Waals surface area (Å²) in [6, 6.07) is 14.9. The molecule has 1 aliphatic rings. The lowest BCUT2D eigenvalue weighted by molar-refractivity contribution is -0.116. The second-order valence-electron chi connectivity index (χ2n) is 7.19. The lowest BCUT2D eigenvalue weighted by Crippen LogP contribution is -2.22. The van der Waals surface area contributed by atoms with Crippen LogP contribution >= 0.6 is 0 Å². The highest BCUT2D eigenvalue weighted by molar-refractivity contribution is 5.93. The van der Waals surface area contributed by atoms with Crippen molar-refractivity contribution in [2.24, 2.45) is 0 Å².